The van der Waals surface area contributed by atoms with Gasteiger partial charge in [-0.25, -0.2) is 4.98 Å². The van der Waals surface area contributed by atoms with Crippen LogP contribution in [0.15, 0.2) is 47.3 Å². The number of hydrogen-bond acceptors (Lipinski definition) is 4. The minimum Gasteiger partial charge on any atom is -0.352 e. The van der Waals surface area contributed by atoms with Gasteiger partial charge in [0, 0.05) is 18.1 Å². The maximum absolute atomic E-state index is 12.2. The molecule has 0 aliphatic carbocycles. The Morgan fingerprint density at radius 1 is 1.00 bits per heavy atom. The molecule has 144 valence electrons. The van der Waals surface area contributed by atoms with Crippen LogP contribution < -0.4 is 16.2 Å². The summed E-state index contributed by atoms with van der Waals surface area (Å²) in [5.41, 5.74) is 0.402. The van der Waals surface area contributed by atoms with Gasteiger partial charge in [0.1, 0.15) is 0 Å². The van der Waals surface area contributed by atoms with Gasteiger partial charge in [-0.2, -0.15) is 0 Å². The molecule has 0 aliphatic rings. The van der Waals surface area contributed by atoms with Crippen LogP contribution in [0, 0.1) is 0 Å². The number of carbonyl (C=O) groups excluding carboxylic acids is 2. The summed E-state index contributed by atoms with van der Waals surface area (Å²) < 4.78 is 0. The summed E-state index contributed by atoms with van der Waals surface area (Å²) in [6.07, 6.45) is 0.487. The van der Waals surface area contributed by atoms with Gasteiger partial charge in [-0.15, -0.1) is 0 Å². The van der Waals surface area contributed by atoms with Crippen LogP contribution in [0.1, 0.15) is 27.4 Å². The minimum absolute atomic E-state index is 0.0549. The Bertz CT molecular complexity index is 1100. The molecule has 7 nitrogen and oxygen atoms in total. The number of aromatic nitrogens is 2. The van der Waals surface area contributed by atoms with Crippen LogP contribution in [-0.2, 0) is 0 Å². The molecule has 0 bridgehead atoms. The molecular formula is C19H16Cl2N4O3. The summed E-state index contributed by atoms with van der Waals surface area (Å²) in [5.74, 6) is -0.871. The monoisotopic (exact) mass is 418 g/mol. The largest absolute Gasteiger partial charge is 0.352 e. The molecule has 0 saturated carbocycles. The molecule has 2 amide bonds. The maximum atomic E-state index is 12.2. The summed E-state index contributed by atoms with van der Waals surface area (Å²) in [5, 5.41) is 6.51. The molecule has 1 aromatic heterocycles. The summed E-state index contributed by atoms with van der Waals surface area (Å²) in [6.45, 7) is 0.629. The van der Waals surface area contributed by atoms with Crippen LogP contribution in [-0.4, -0.2) is 34.9 Å². The van der Waals surface area contributed by atoms with Crippen molar-refractivity contribution >= 4 is 45.9 Å². The van der Waals surface area contributed by atoms with Gasteiger partial charge in [0.05, 0.1) is 21.5 Å². The molecule has 0 unspecified atom stereocenters. The number of carbonyl (C=O) groups is 2. The second-order valence-electron chi connectivity index (χ2n) is 5.92. The Labute approximate surface area is 170 Å². The molecule has 0 fully saturated rings. The number of amides is 2. The van der Waals surface area contributed by atoms with Gasteiger partial charge in [-0.3, -0.25) is 14.4 Å². The molecule has 0 saturated heterocycles. The second-order valence-corrected chi connectivity index (χ2v) is 6.76. The number of fused-ring (bicyclic) bond motifs is 1. The predicted octanol–water partition coefficient (Wildman–Crippen LogP) is 2.78. The lowest BCUT2D eigenvalue weighted by molar-refractivity contribution is 0.0943. The first-order valence-corrected chi connectivity index (χ1v) is 9.22. The summed E-state index contributed by atoms with van der Waals surface area (Å²) in [6, 6.07) is 11.4. The van der Waals surface area contributed by atoms with Gasteiger partial charge in [-0.1, -0.05) is 35.3 Å². The number of nitrogens with one attached hydrogen (secondary N) is 3. The van der Waals surface area contributed by atoms with Crippen molar-refractivity contribution in [1.82, 2.24) is 20.6 Å². The Hall–Kier alpha value is -2.90. The minimum atomic E-state index is -0.491. The lowest BCUT2D eigenvalue weighted by Gasteiger charge is -2.08. The van der Waals surface area contributed by atoms with Gasteiger partial charge >= 0.3 is 0 Å². The van der Waals surface area contributed by atoms with Crippen molar-refractivity contribution in [3.05, 3.63) is 74.3 Å². The van der Waals surface area contributed by atoms with Gasteiger partial charge in [0.2, 0.25) is 0 Å². The van der Waals surface area contributed by atoms with Crippen LogP contribution in [0.4, 0.5) is 0 Å². The average Bonchev–Trinajstić information content (AvgIpc) is 2.67. The van der Waals surface area contributed by atoms with E-state index in [2.05, 4.69) is 20.6 Å². The standard InChI is InChI=1S/C19H16Cl2N4O3/c20-11-6-7-12(14(21)10-11)17(26)22-8-3-9-23-19(28)16-24-15-5-2-1-4-13(15)18(27)25-16/h1-2,4-7,10H,3,8-9H2,(H,22,26)(H,23,28)(H,24,25,27). The van der Waals surface area contributed by atoms with Gasteiger partial charge < -0.3 is 15.6 Å². The van der Waals surface area contributed by atoms with Crippen molar-refractivity contribution < 1.29 is 9.59 Å². The number of H-pyrrole nitrogens is 1. The topological polar surface area (TPSA) is 104 Å². The molecule has 0 aliphatic heterocycles. The van der Waals surface area contributed by atoms with E-state index in [0.29, 0.717) is 41.0 Å². The zero-order chi connectivity index (χ0) is 20.1. The van der Waals surface area contributed by atoms with E-state index in [1.807, 2.05) is 0 Å². The quantitative estimate of drug-likeness (QED) is 0.535. The number of para-hydroxylation sites is 1. The summed E-state index contributed by atoms with van der Waals surface area (Å²) >= 11 is 11.8. The van der Waals surface area contributed by atoms with Crippen LogP contribution in [0.25, 0.3) is 10.9 Å². The molecule has 2 aromatic carbocycles. The lowest BCUT2D eigenvalue weighted by atomic mass is 10.2. The number of aromatic amines is 1. The second kappa shape index (κ2) is 8.86. The predicted molar refractivity (Wildman–Crippen MR) is 108 cm³/mol. The summed E-state index contributed by atoms with van der Waals surface area (Å²) in [4.78, 5) is 42.9. The Kier molecular flexibility index (Phi) is 6.28. The van der Waals surface area contributed by atoms with Gasteiger partial charge in [-0.05, 0) is 36.8 Å². The summed E-state index contributed by atoms with van der Waals surface area (Å²) in [7, 11) is 0. The Morgan fingerprint density at radius 2 is 1.71 bits per heavy atom. The smallest absolute Gasteiger partial charge is 0.287 e. The highest BCUT2D eigenvalue weighted by Crippen LogP contribution is 2.20. The van der Waals surface area contributed by atoms with Crippen LogP contribution in [0.2, 0.25) is 10.0 Å². The lowest BCUT2D eigenvalue weighted by Crippen LogP contribution is -2.31. The highest BCUT2D eigenvalue weighted by molar-refractivity contribution is 6.36. The molecule has 0 spiro atoms. The first kappa shape index (κ1) is 19.9. The van der Waals surface area contributed by atoms with E-state index in [-0.39, 0.29) is 22.3 Å². The van der Waals surface area contributed by atoms with Crippen LogP contribution >= 0.6 is 23.2 Å². The molecule has 9 heteroatoms. The third-order valence-electron chi connectivity index (χ3n) is 3.93. The van der Waals surface area contributed by atoms with E-state index in [4.69, 9.17) is 23.2 Å². The molecule has 0 atom stereocenters. The molecule has 3 N–H and O–H groups in total. The van der Waals surface area contributed by atoms with E-state index in [1.54, 1.807) is 36.4 Å². The average molecular weight is 419 g/mol. The van der Waals surface area contributed by atoms with Crippen molar-refractivity contribution in [1.29, 1.82) is 0 Å². The SMILES string of the molecule is O=C(NCCCNC(=O)c1ccc(Cl)cc1Cl)c1nc2ccccc2c(=O)[nH]1. The zero-order valence-electron chi connectivity index (χ0n) is 14.6. The fraction of sp³-hybridized carbons (Fsp3) is 0.158. The number of benzene rings is 2. The van der Waals surface area contributed by atoms with Crippen LogP contribution in [0.3, 0.4) is 0 Å². The highest BCUT2D eigenvalue weighted by Gasteiger charge is 2.12. The molecular weight excluding hydrogens is 403 g/mol. The molecule has 3 rings (SSSR count). The molecule has 0 radical (unpaired) electrons. The number of halogens is 2. The van der Waals surface area contributed by atoms with Gasteiger partial charge in [0.15, 0.2) is 5.82 Å². The maximum Gasteiger partial charge on any atom is 0.287 e. The third-order valence-corrected chi connectivity index (χ3v) is 4.48. The normalized spacial score (nSPS) is 10.6. The fourth-order valence-electron chi connectivity index (χ4n) is 2.54. The van der Waals surface area contributed by atoms with E-state index < -0.39 is 5.91 Å². The fourth-order valence-corrected chi connectivity index (χ4v) is 3.03. The molecule has 3 aromatic rings. The Morgan fingerprint density at radius 3 is 2.46 bits per heavy atom. The van der Waals surface area contributed by atoms with E-state index in [9.17, 15) is 14.4 Å². The van der Waals surface area contributed by atoms with Crippen molar-refractivity contribution in [3.8, 4) is 0 Å². The Balaban J connectivity index is 1.49. The van der Waals surface area contributed by atoms with Gasteiger partial charge in [0.25, 0.3) is 17.4 Å². The van der Waals surface area contributed by atoms with Crippen molar-refractivity contribution in [2.45, 2.75) is 6.42 Å². The van der Waals surface area contributed by atoms with Crippen LogP contribution in [0.5, 0.6) is 0 Å². The van der Waals surface area contributed by atoms with Crippen molar-refractivity contribution in [2.75, 3.05) is 13.1 Å². The first-order chi connectivity index (χ1) is 13.5. The van der Waals surface area contributed by atoms with E-state index >= 15 is 0 Å². The number of rotatable bonds is 6. The van der Waals surface area contributed by atoms with Crippen molar-refractivity contribution in [2.24, 2.45) is 0 Å². The third kappa shape index (κ3) is 4.68. The first-order valence-electron chi connectivity index (χ1n) is 8.46. The number of hydrogen-bond donors (Lipinski definition) is 3. The highest BCUT2D eigenvalue weighted by atomic mass is 35.5. The van der Waals surface area contributed by atoms with Crippen molar-refractivity contribution in [3.63, 3.8) is 0 Å². The zero-order valence-corrected chi connectivity index (χ0v) is 16.1. The van der Waals surface area contributed by atoms with E-state index in [1.165, 1.54) is 6.07 Å². The van der Waals surface area contributed by atoms with E-state index in [0.717, 1.165) is 0 Å². The molecule has 28 heavy (non-hydrogen) atoms. The number of nitrogens with zero attached hydrogens (tertiary/aromatic N) is 1. The molecule has 1 heterocycles.